The van der Waals surface area contributed by atoms with E-state index in [4.69, 9.17) is 4.42 Å². The number of carboxylic acid groups (broad SMARTS) is 1. The number of carboxylic acids is 1. The summed E-state index contributed by atoms with van der Waals surface area (Å²) in [5.41, 5.74) is 1.54. The Bertz CT molecular complexity index is 720. The van der Waals surface area contributed by atoms with Gasteiger partial charge in [-0.25, -0.2) is 0 Å². The molecular formula is C18H20NO4-. The van der Waals surface area contributed by atoms with Gasteiger partial charge in [0.2, 0.25) is 0 Å². The van der Waals surface area contributed by atoms with Gasteiger partial charge in [0, 0.05) is 23.5 Å². The van der Waals surface area contributed by atoms with Gasteiger partial charge < -0.3 is 19.6 Å². The molecule has 0 bridgehead atoms. The fraction of sp³-hybridized carbons (Fsp3) is 0.333. The maximum absolute atomic E-state index is 12.4. The molecule has 1 heterocycles. The molecule has 0 radical (unpaired) electrons. The second-order valence-electron chi connectivity index (χ2n) is 6.53. The van der Waals surface area contributed by atoms with Crippen molar-refractivity contribution in [1.29, 1.82) is 0 Å². The molecule has 0 saturated heterocycles. The molecule has 1 N–H and O–H groups in total. The lowest BCUT2D eigenvalue weighted by atomic mass is 9.93. The molecule has 0 aliphatic heterocycles. The third-order valence-electron chi connectivity index (χ3n) is 3.46. The summed E-state index contributed by atoms with van der Waals surface area (Å²) >= 11 is 0. The van der Waals surface area contributed by atoms with Crippen molar-refractivity contribution in [2.75, 3.05) is 5.32 Å². The van der Waals surface area contributed by atoms with Crippen molar-refractivity contribution in [2.45, 2.75) is 39.5 Å². The predicted molar refractivity (Wildman–Crippen MR) is 85.3 cm³/mol. The van der Waals surface area contributed by atoms with Gasteiger partial charge >= 0.3 is 0 Å². The van der Waals surface area contributed by atoms with Crippen molar-refractivity contribution in [3.8, 4) is 0 Å². The van der Waals surface area contributed by atoms with Gasteiger partial charge in [0.15, 0.2) is 0 Å². The average Bonchev–Trinajstić information content (AvgIpc) is 2.82. The van der Waals surface area contributed by atoms with Crippen LogP contribution in [0.2, 0.25) is 0 Å². The van der Waals surface area contributed by atoms with Crippen LogP contribution < -0.4 is 10.4 Å². The number of amides is 1. The van der Waals surface area contributed by atoms with Gasteiger partial charge in [0.25, 0.3) is 5.91 Å². The SMILES string of the molecule is Cc1oc(C(C)(C)C)cc1C(=O)Nc1ccc(CC(=O)[O-])cc1. The fourth-order valence-corrected chi connectivity index (χ4v) is 2.15. The molecular weight excluding hydrogens is 294 g/mol. The number of hydrogen-bond acceptors (Lipinski definition) is 4. The zero-order valence-corrected chi connectivity index (χ0v) is 13.7. The topological polar surface area (TPSA) is 82.4 Å². The Morgan fingerprint density at radius 2 is 1.78 bits per heavy atom. The normalized spacial score (nSPS) is 11.3. The quantitative estimate of drug-likeness (QED) is 0.939. The highest BCUT2D eigenvalue weighted by atomic mass is 16.4. The van der Waals surface area contributed by atoms with Gasteiger partial charge in [0.1, 0.15) is 11.5 Å². The maximum Gasteiger partial charge on any atom is 0.259 e. The Hall–Kier alpha value is -2.56. The molecule has 0 atom stereocenters. The summed E-state index contributed by atoms with van der Waals surface area (Å²) < 4.78 is 5.67. The minimum absolute atomic E-state index is 0.149. The van der Waals surface area contributed by atoms with Crippen molar-refractivity contribution in [2.24, 2.45) is 0 Å². The molecule has 2 aromatic rings. The summed E-state index contributed by atoms with van der Waals surface area (Å²) in [5, 5.41) is 13.3. The minimum Gasteiger partial charge on any atom is -0.550 e. The summed E-state index contributed by atoms with van der Waals surface area (Å²) in [4.78, 5) is 22.9. The summed E-state index contributed by atoms with van der Waals surface area (Å²) in [6, 6.07) is 8.38. The molecule has 5 nitrogen and oxygen atoms in total. The minimum atomic E-state index is -1.13. The van der Waals surface area contributed by atoms with Crippen molar-refractivity contribution in [1.82, 2.24) is 0 Å². The molecule has 1 aromatic heterocycles. The molecule has 1 aromatic carbocycles. The number of carbonyl (C=O) groups is 2. The van der Waals surface area contributed by atoms with Crippen LogP contribution in [0.5, 0.6) is 0 Å². The highest BCUT2D eigenvalue weighted by Crippen LogP contribution is 2.27. The Labute approximate surface area is 135 Å². The number of benzene rings is 1. The summed E-state index contributed by atoms with van der Waals surface area (Å²) in [7, 11) is 0. The van der Waals surface area contributed by atoms with Crippen LogP contribution in [-0.2, 0) is 16.6 Å². The second-order valence-corrected chi connectivity index (χ2v) is 6.53. The number of aliphatic carboxylic acids is 1. The predicted octanol–water partition coefficient (Wildman–Crippen LogP) is 2.43. The summed E-state index contributed by atoms with van der Waals surface area (Å²) in [6.07, 6.45) is -0.149. The highest BCUT2D eigenvalue weighted by Gasteiger charge is 2.23. The standard InChI is InChI=1S/C18H21NO4/c1-11-14(10-15(23-11)18(2,3)4)17(22)19-13-7-5-12(6-8-13)9-16(20)21/h5-8,10H,9H2,1-4H3,(H,19,22)(H,20,21)/p-1. The monoisotopic (exact) mass is 314 g/mol. The average molecular weight is 314 g/mol. The Kier molecular flexibility index (Phi) is 4.59. The molecule has 2 rings (SSSR count). The number of carbonyl (C=O) groups excluding carboxylic acids is 2. The Balaban J connectivity index is 2.13. The smallest absolute Gasteiger partial charge is 0.259 e. The van der Waals surface area contributed by atoms with Crippen molar-refractivity contribution >= 4 is 17.6 Å². The molecule has 122 valence electrons. The number of aryl methyl sites for hydroxylation is 1. The molecule has 0 aliphatic carbocycles. The lowest BCUT2D eigenvalue weighted by Gasteiger charge is -2.13. The van der Waals surface area contributed by atoms with Crippen LogP contribution in [0, 0.1) is 6.92 Å². The van der Waals surface area contributed by atoms with E-state index in [2.05, 4.69) is 5.32 Å². The molecule has 23 heavy (non-hydrogen) atoms. The van der Waals surface area contributed by atoms with Gasteiger partial charge in [-0.3, -0.25) is 4.79 Å². The summed E-state index contributed by atoms with van der Waals surface area (Å²) in [5.74, 6) is -0.0645. The lowest BCUT2D eigenvalue weighted by Crippen LogP contribution is -2.24. The van der Waals surface area contributed by atoms with Crippen LogP contribution in [0.4, 0.5) is 5.69 Å². The van der Waals surface area contributed by atoms with E-state index >= 15 is 0 Å². The van der Waals surface area contributed by atoms with E-state index < -0.39 is 5.97 Å². The van der Waals surface area contributed by atoms with E-state index in [1.807, 2.05) is 20.8 Å². The molecule has 5 heteroatoms. The third-order valence-corrected chi connectivity index (χ3v) is 3.46. The first-order chi connectivity index (χ1) is 10.7. The molecule has 0 fully saturated rings. The van der Waals surface area contributed by atoms with Crippen LogP contribution in [0.1, 0.15) is 48.2 Å². The van der Waals surface area contributed by atoms with Gasteiger partial charge in [-0.15, -0.1) is 0 Å². The van der Waals surface area contributed by atoms with Crippen molar-refractivity contribution in [3.63, 3.8) is 0 Å². The van der Waals surface area contributed by atoms with Crippen LogP contribution in [-0.4, -0.2) is 11.9 Å². The zero-order valence-electron chi connectivity index (χ0n) is 13.7. The Morgan fingerprint density at radius 3 is 2.26 bits per heavy atom. The van der Waals surface area contributed by atoms with Gasteiger partial charge in [-0.2, -0.15) is 0 Å². The largest absolute Gasteiger partial charge is 0.550 e. The molecule has 0 saturated carbocycles. The van der Waals surface area contributed by atoms with E-state index in [0.29, 0.717) is 22.6 Å². The second kappa shape index (κ2) is 6.28. The third kappa shape index (κ3) is 4.22. The van der Waals surface area contributed by atoms with Crippen LogP contribution >= 0.6 is 0 Å². The van der Waals surface area contributed by atoms with E-state index in [-0.39, 0.29) is 17.7 Å². The molecule has 1 amide bonds. The molecule has 0 unspecified atom stereocenters. The highest BCUT2D eigenvalue weighted by molar-refractivity contribution is 6.05. The van der Waals surface area contributed by atoms with Crippen molar-refractivity contribution < 1.29 is 19.1 Å². The molecule has 0 spiro atoms. The lowest BCUT2D eigenvalue weighted by molar-refractivity contribution is -0.304. The number of nitrogens with one attached hydrogen (secondary N) is 1. The number of hydrogen-bond donors (Lipinski definition) is 1. The van der Waals surface area contributed by atoms with Gasteiger partial charge in [-0.05, 0) is 30.7 Å². The first-order valence-corrected chi connectivity index (χ1v) is 7.38. The van der Waals surface area contributed by atoms with E-state index in [9.17, 15) is 14.7 Å². The number of furan rings is 1. The van der Waals surface area contributed by atoms with Gasteiger partial charge in [0.05, 0.1) is 5.56 Å². The Morgan fingerprint density at radius 1 is 1.17 bits per heavy atom. The van der Waals surface area contributed by atoms with Crippen LogP contribution in [0.15, 0.2) is 34.7 Å². The van der Waals surface area contributed by atoms with E-state index in [0.717, 1.165) is 5.76 Å². The maximum atomic E-state index is 12.4. The zero-order chi connectivity index (χ0) is 17.2. The van der Waals surface area contributed by atoms with Crippen LogP contribution in [0.3, 0.4) is 0 Å². The van der Waals surface area contributed by atoms with E-state index in [1.54, 1.807) is 37.3 Å². The number of rotatable bonds is 4. The first kappa shape index (κ1) is 16.8. The first-order valence-electron chi connectivity index (χ1n) is 7.38. The van der Waals surface area contributed by atoms with E-state index in [1.165, 1.54) is 0 Å². The number of anilines is 1. The van der Waals surface area contributed by atoms with Crippen LogP contribution in [0.25, 0.3) is 0 Å². The van der Waals surface area contributed by atoms with Gasteiger partial charge in [-0.1, -0.05) is 32.9 Å². The molecule has 0 aliphatic rings. The summed E-state index contributed by atoms with van der Waals surface area (Å²) in [6.45, 7) is 7.81. The van der Waals surface area contributed by atoms with Crippen molar-refractivity contribution in [3.05, 3.63) is 53.0 Å². The fourth-order valence-electron chi connectivity index (χ4n) is 2.15.